The van der Waals surface area contributed by atoms with E-state index < -0.39 is 31.3 Å². The van der Waals surface area contributed by atoms with E-state index in [1.807, 2.05) is 6.08 Å². The van der Waals surface area contributed by atoms with Gasteiger partial charge in [0.05, 0.1) is 6.10 Å². The molecule has 23 heteroatoms. The van der Waals surface area contributed by atoms with E-state index in [0.29, 0.717) is 24.2 Å². The van der Waals surface area contributed by atoms with Gasteiger partial charge in [-0.25, -0.2) is 16.8 Å². The second-order valence-electron chi connectivity index (χ2n) is 11.0. The molecule has 0 saturated heterocycles. The monoisotopic (exact) mass is 917 g/mol. The molecular formula is C24H45F6N5O9OsS2. The van der Waals surface area contributed by atoms with Gasteiger partial charge in [-0.15, -0.1) is 0 Å². The van der Waals surface area contributed by atoms with E-state index in [4.69, 9.17) is 25.9 Å². The summed E-state index contributed by atoms with van der Waals surface area (Å²) in [7, 11) is -12.2. The third-order valence-electron chi connectivity index (χ3n) is 8.71. The van der Waals surface area contributed by atoms with Crippen molar-refractivity contribution in [1.29, 1.82) is 0 Å². The maximum atomic E-state index is 12.0. The van der Waals surface area contributed by atoms with Crippen molar-refractivity contribution in [2.45, 2.75) is 82.3 Å². The van der Waals surface area contributed by atoms with Crippen LogP contribution in [0.5, 0.6) is 0 Å². The summed E-state index contributed by atoms with van der Waals surface area (Å²) in [5.41, 5.74) is -10.1. The van der Waals surface area contributed by atoms with Crippen LogP contribution in [0.15, 0.2) is 23.8 Å². The number of fused-ring (bicyclic) bond motifs is 5. The Kier molecular flexibility index (Phi) is 22.4. The first-order chi connectivity index (χ1) is 18.4. The summed E-state index contributed by atoms with van der Waals surface area (Å²) in [6, 6.07) is 0. The summed E-state index contributed by atoms with van der Waals surface area (Å²) in [6.07, 6.45) is 13.3. The van der Waals surface area contributed by atoms with E-state index in [1.165, 1.54) is 5.57 Å². The van der Waals surface area contributed by atoms with Gasteiger partial charge >= 0.3 is 30.8 Å². The van der Waals surface area contributed by atoms with Crippen LogP contribution in [0.25, 0.3) is 0 Å². The predicted molar refractivity (Wildman–Crippen MR) is 153 cm³/mol. The third-order valence-corrected chi connectivity index (χ3v) is 9.85. The van der Waals surface area contributed by atoms with Gasteiger partial charge in [-0.1, -0.05) is 18.6 Å². The van der Waals surface area contributed by atoms with Crippen LogP contribution >= 0.6 is 0 Å². The quantitative estimate of drug-likeness (QED) is 0.124. The normalized spacial score (nSPS) is 28.9. The largest absolute Gasteiger partial charge is 2.00 e. The van der Waals surface area contributed by atoms with Gasteiger partial charge in [-0.3, -0.25) is 4.79 Å². The average molecular weight is 916 g/mol. The zero-order valence-corrected chi connectivity index (χ0v) is 30.1. The average Bonchev–Trinajstić information content (AvgIpc) is 3.10. The van der Waals surface area contributed by atoms with E-state index in [-0.39, 0.29) is 79.0 Å². The minimum atomic E-state index is -6.09. The summed E-state index contributed by atoms with van der Waals surface area (Å²) in [6.45, 7) is 3.96. The van der Waals surface area contributed by atoms with Crippen LogP contribution < -0.4 is 30.8 Å². The molecule has 0 aliphatic heterocycles. The number of aliphatic hydroxyl groups excluding tert-OH is 1. The molecule has 0 radical (unpaired) electrons. The molecule has 14 nitrogen and oxygen atoms in total. The number of rotatable bonds is 3. The summed E-state index contributed by atoms with van der Waals surface area (Å²) >= 11 is 0. The molecule has 282 valence electrons. The molecule has 0 amide bonds. The van der Waals surface area contributed by atoms with Crippen LogP contribution in [0.3, 0.4) is 0 Å². The Bertz CT molecular complexity index is 1270. The summed E-state index contributed by atoms with van der Waals surface area (Å²) in [4.78, 5) is 23.7. The molecule has 4 aliphatic rings. The van der Waals surface area contributed by atoms with Crippen LogP contribution in [-0.2, 0) is 49.6 Å². The van der Waals surface area contributed by atoms with Crippen molar-refractivity contribution >= 4 is 31.8 Å². The number of allylic oxidation sites excluding steroid dienone is 4. The second kappa shape index (κ2) is 19.1. The number of hydrogen-bond acceptors (Lipinski definition) is 14. The van der Waals surface area contributed by atoms with E-state index in [1.54, 1.807) is 13.0 Å². The summed E-state index contributed by atoms with van der Waals surface area (Å²) in [5, 5.41) is 10.6. The Hall–Kier alpha value is -1.38. The molecule has 0 heterocycles. The number of carbonyl (C=O) groups is 2. The summed E-state index contributed by atoms with van der Waals surface area (Å²) < 4.78 is 118. The van der Waals surface area contributed by atoms with Crippen LogP contribution in [0, 0.1) is 28.6 Å². The van der Waals surface area contributed by atoms with Crippen LogP contribution in [0.2, 0.25) is 0 Å². The molecule has 6 atom stereocenters. The molecule has 0 unspecified atom stereocenters. The first-order valence-electron chi connectivity index (χ1n) is 12.5. The Morgan fingerprint density at radius 3 is 1.74 bits per heavy atom. The number of aliphatic hydroxyl groups is 1. The van der Waals surface area contributed by atoms with Gasteiger partial charge in [0.2, 0.25) is 0 Å². The van der Waals surface area contributed by atoms with Gasteiger partial charge in [0, 0.05) is 11.8 Å². The summed E-state index contributed by atoms with van der Waals surface area (Å²) in [5.74, 6) is 2.04. The fraction of sp³-hybridized carbons (Fsp3) is 0.750. The zero-order chi connectivity index (χ0) is 31.8. The minimum absolute atomic E-state index is 0. The molecule has 0 aromatic heterocycles. The van der Waals surface area contributed by atoms with E-state index in [9.17, 15) is 41.0 Å². The van der Waals surface area contributed by atoms with Gasteiger partial charge < -0.3 is 49.8 Å². The molecule has 0 aromatic carbocycles. The van der Waals surface area contributed by atoms with Crippen molar-refractivity contribution in [1.82, 2.24) is 30.8 Å². The van der Waals surface area contributed by atoms with Crippen LogP contribution in [0.1, 0.15) is 65.2 Å². The maximum absolute atomic E-state index is 12.0. The van der Waals surface area contributed by atoms with Crippen LogP contribution in [-0.4, -0.2) is 59.7 Å². The zero-order valence-electron chi connectivity index (χ0n) is 25.9. The SMILES string of the molecule is CC(=O)CC[C@]12C=CC(=O)C=C1CC[C@H]1[C@@H]3CC[C@H](O)[C@@]3(C)CC[C@@H]12.N.N.N.N.N.O=S(=O)([O-])C(F)(F)F.O=S(=O)([O-])C(F)(F)F.[Os+2]. The predicted octanol–water partition coefficient (Wildman–Crippen LogP) is 4.91. The molecule has 0 aromatic rings. The fourth-order valence-electron chi connectivity index (χ4n) is 6.80. The number of carbonyl (C=O) groups excluding carboxylic acids is 2. The second-order valence-corrected chi connectivity index (χ2v) is 13.7. The molecular weight excluding hydrogens is 871 g/mol. The minimum Gasteiger partial charge on any atom is -0.741 e. The topological polar surface area (TPSA) is 344 Å². The molecule has 0 bridgehead atoms. The first kappa shape index (κ1) is 55.0. The van der Waals surface area contributed by atoms with Gasteiger partial charge in [-0.05, 0) is 87.2 Å². The van der Waals surface area contributed by atoms with Gasteiger partial charge in [-0.2, -0.15) is 26.3 Å². The Morgan fingerprint density at radius 1 is 0.894 bits per heavy atom. The smallest absolute Gasteiger partial charge is 0.741 e. The molecule has 4 aliphatic carbocycles. The van der Waals surface area contributed by atoms with Crippen molar-refractivity contribution < 1.29 is 86.8 Å². The molecule has 0 spiro atoms. The van der Waals surface area contributed by atoms with Crippen molar-refractivity contribution in [3.8, 4) is 0 Å². The van der Waals surface area contributed by atoms with E-state index in [2.05, 4.69) is 13.0 Å². The molecule has 16 N–H and O–H groups in total. The maximum Gasteiger partial charge on any atom is 2.00 e. The number of halogens is 6. The van der Waals surface area contributed by atoms with Crippen molar-refractivity contribution in [2.24, 2.45) is 28.6 Å². The Balaban J connectivity index is -0.000000228. The number of alkyl halides is 6. The third kappa shape index (κ3) is 12.5. The first-order valence-corrected chi connectivity index (χ1v) is 15.3. The van der Waals surface area contributed by atoms with Gasteiger partial charge in [0.25, 0.3) is 0 Å². The van der Waals surface area contributed by atoms with Crippen molar-refractivity contribution in [3.05, 3.63) is 23.8 Å². The molecule has 3 saturated carbocycles. The fourth-order valence-corrected chi connectivity index (χ4v) is 6.80. The standard InChI is InChI=1S/C22H30O3.2CHF3O3S.5H3N.Os/c1-14(23)7-11-22-12-8-16(24)13-15(22)3-4-17-18-5-6-20(25)21(18,2)10-9-19(17)22;2*2-1(3,4)8(5,6)7;;;;;;/h8,12-13,17-20,25H,3-7,9-11H2,1-2H3;2*(H,5,6,7);5*1H3;/q;;;;;;;;+2/p-2/t17-,18-,19-,20-,21-,22-;;;;;;;;/m0......../s1. The van der Waals surface area contributed by atoms with Crippen molar-refractivity contribution in [3.63, 3.8) is 0 Å². The number of hydrogen-bond donors (Lipinski definition) is 6. The number of Topliss-reactive ketones (excluding diaryl/α,β-unsaturated/α-hetero) is 1. The van der Waals surface area contributed by atoms with Gasteiger partial charge in [0.15, 0.2) is 26.0 Å². The van der Waals surface area contributed by atoms with Gasteiger partial charge in [0.1, 0.15) is 5.78 Å². The molecule has 4 rings (SSSR count). The molecule has 47 heavy (non-hydrogen) atoms. The van der Waals surface area contributed by atoms with E-state index >= 15 is 0 Å². The Labute approximate surface area is 283 Å². The van der Waals surface area contributed by atoms with E-state index in [0.717, 1.165) is 44.9 Å². The number of ketones is 2. The molecule has 3 fully saturated rings. The van der Waals surface area contributed by atoms with Crippen molar-refractivity contribution in [2.75, 3.05) is 0 Å². The van der Waals surface area contributed by atoms with Crippen LogP contribution in [0.4, 0.5) is 26.3 Å². The Morgan fingerprint density at radius 2 is 1.34 bits per heavy atom.